The predicted molar refractivity (Wildman–Crippen MR) is 105 cm³/mol. The zero-order chi connectivity index (χ0) is 20.1. The van der Waals surface area contributed by atoms with Gasteiger partial charge >= 0.3 is 0 Å². The van der Waals surface area contributed by atoms with E-state index in [1.165, 1.54) is 18.2 Å². The molecule has 0 saturated heterocycles. The highest BCUT2D eigenvalue weighted by molar-refractivity contribution is 5.92. The molecular weight excluding hydrogens is 360 g/mol. The zero-order valence-corrected chi connectivity index (χ0v) is 15.8. The molecule has 7 heteroatoms. The van der Waals surface area contributed by atoms with Gasteiger partial charge in [-0.2, -0.15) is 0 Å². The normalized spacial score (nSPS) is 14.1. The highest BCUT2D eigenvalue weighted by Crippen LogP contribution is 2.34. The number of benzene rings is 2. The number of carbonyl (C=O) groups excluding carboxylic acids is 1. The Balaban J connectivity index is 1.73. The zero-order valence-electron chi connectivity index (χ0n) is 15.8. The van der Waals surface area contributed by atoms with E-state index in [9.17, 15) is 14.9 Å². The Morgan fingerprint density at radius 3 is 2.61 bits per heavy atom. The molecule has 2 aromatic carbocycles. The lowest BCUT2D eigenvalue weighted by atomic mass is 9.95. The van der Waals surface area contributed by atoms with Crippen molar-refractivity contribution in [2.24, 2.45) is 5.92 Å². The molecule has 0 aromatic heterocycles. The third-order valence-electron chi connectivity index (χ3n) is 4.40. The van der Waals surface area contributed by atoms with E-state index >= 15 is 0 Å². The SMILES string of the molecule is CC(C)[C@H](NC(=O)/C=C/c1cccc([N+](=O)[O-])c1)c1ccc2c(c1)OCCO2. The fraction of sp³-hybridized carbons (Fsp3) is 0.286. The summed E-state index contributed by atoms with van der Waals surface area (Å²) in [7, 11) is 0. The fourth-order valence-electron chi connectivity index (χ4n) is 3.00. The molecule has 2 aromatic rings. The molecule has 1 aliphatic heterocycles. The second-order valence-corrected chi connectivity index (χ2v) is 6.82. The van der Waals surface area contributed by atoms with Crippen LogP contribution >= 0.6 is 0 Å². The van der Waals surface area contributed by atoms with Gasteiger partial charge in [0.05, 0.1) is 11.0 Å². The van der Waals surface area contributed by atoms with Crippen LogP contribution in [0.4, 0.5) is 5.69 Å². The number of amides is 1. The van der Waals surface area contributed by atoms with Crippen molar-refractivity contribution in [1.29, 1.82) is 0 Å². The van der Waals surface area contributed by atoms with Crippen LogP contribution in [0.2, 0.25) is 0 Å². The lowest BCUT2D eigenvalue weighted by Gasteiger charge is -2.25. The molecule has 0 saturated carbocycles. The van der Waals surface area contributed by atoms with E-state index in [0.717, 1.165) is 5.56 Å². The van der Waals surface area contributed by atoms with Crippen molar-refractivity contribution in [3.63, 3.8) is 0 Å². The summed E-state index contributed by atoms with van der Waals surface area (Å²) in [6, 6.07) is 11.6. The van der Waals surface area contributed by atoms with Gasteiger partial charge < -0.3 is 14.8 Å². The van der Waals surface area contributed by atoms with Crippen LogP contribution in [0.1, 0.15) is 31.0 Å². The first-order chi connectivity index (χ1) is 13.4. The van der Waals surface area contributed by atoms with Crippen LogP contribution in [-0.4, -0.2) is 24.0 Å². The van der Waals surface area contributed by atoms with E-state index in [1.807, 2.05) is 32.0 Å². The van der Waals surface area contributed by atoms with Gasteiger partial charge in [0, 0.05) is 18.2 Å². The third-order valence-corrected chi connectivity index (χ3v) is 4.40. The number of hydrogen-bond acceptors (Lipinski definition) is 5. The maximum atomic E-state index is 12.4. The minimum absolute atomic E-state index is 0.0149. The molecule has 0 radical (unpaired) electrons. The number of hydrogen-bond donors (Lipinski definition) is 1. The number of carbonyl (C=O) groups is 1. The van der Waals surface area contributed by atoms with E-state index in [1.54, 1.807) is 18.2 Å². The Morgan fingerprint density at radius 2 is 1.89 bits per heavy atom. The van der Waals surface area contributed by atoms with Gasteiger partial charge in [-0.1, -0.05) is 32.0 Å². The monoisotopic (exact) mass is 382 g/mol. The molecule has 0 unspecified atom stereocenters. The maximum Gasteiger partial charge on any atom is 0.270 e. The summed E-state index contributed by atoms with van der Waals surface area (Å²) < 4.78 is 11.2. The first kappa shape index (κ1) is 19.4. The van der Waals surface area contributed by atoms with Crippen molar-refractivity contribution >= 4 is 17.7 Å². The molecule has 0 aliphatic carbocycles. The Hall–Kier alpha value is -3.35. The Bertz CT molecular complexity index is 907. The summed E-state index contributed by atoms with van der Waals surface area (Å²) >= 11 is 0. The Morgan fingerprint density at radius 1 is 1.14 bits per heavy atom. The molecule has 3 rings (SSSR count). The molecule has 0 fully saturated rings. The van der Waals surface area contributed by atoms with Crippen molar-refractivity contribution in [3.05, 3.63) is 69.8 Å². The summed E-state index contributed by atoms with van der Waals surface area (Å²) in [6.45, 7) is 5.07. The molecule has 1 amide bonds. The van der Waals surface area contributed by atoms with E-state index in [-0.39, 0.29) is 23.6 Å². The van der Waals surface area contributed by atoms with Gasteiger partial charge in [-0.3, -0.25) is 14.9 Å². The van der Waals surface area contributed by atoms with Gasteiger partial charge in [0.15, 0.2) is 11.5 Å². The van der Waals surface area contributed by atoms with Gasteiger partial charge in [0.1, 0.15) is 13.2 Å². The summed E-state index contributed by atoms with van der Waals surface area (Å²) in [4.78, 5) is 22.8. The average molecular weight is 382 g/mol. The molecule has 146 valence electrons. The van der Waals surface area contributed by atoms with Crippen LogP contribution in [0.5, 0.6) is 11.5 Å². The molecule has 28 heavy (non-hydrogen) atoms. The van der Waals surface area contributed by atoms with Crippen LogP contribution in [0.3, 0.4) is 0 Å². The first-order valence-corrected chi connectivity index (χ1v) is 9.06. The van der Waals surface area contributed by atoms with Gasteiger partial charge in [0.2, 0.25) is 5.91 Å². The minimum atomic E-state index is -0.464. The van der Waals surface area contributed by atoms with Crippen LogP contribution in [0, 0.1) is 16.0 Å². The topological polar surface area (TPSA) is 90.7 Å². The lowest BCUT2D eigenvalue weighted by molar-refractivity contribution is -0.384. The predicted octanol–water partition coefficient (Wildman–Crippen LogP) is 3.89. The Kier molecular flexibility index (Phi) is 5.93. The summed E-state index contributed by atoms with van der Waals surface area (Å²) in [5, 5.41) is 13.8. The van der Waals surface area contributed by atoms with Crippen LogP contribution in [0.25, 0.3) is 6.08 Å². The number of nitrogens with zero attached hydrogens (tertiary/aromatic N) is 1. The van der Waals surface area contributed by atoms with Crippen molar-refractivity contribution in [1.82, 2.24) is 5.32 Å². The molecule has 7 nitrogen and oxygen atoms in total. The number of ether oxygens (including phenoxy) is 2. The van der Waals surface area contributed by atoms with Gasteiger partial charge in [0.25, 0.3) is 5.69 Å². The van der Waals surface area contributed by atoms with Crippen molar-refractivity contribution in [2.75, 3.05) is 13.2 Å². The summed E-state index contributed by atoms with van der Waals surface area (Å²) in [6.07, 6.45) is 2.94. The fourth-order valence-corrected chi connectivity index (χ4v) is 3.00. The van der Waals surface area contributed by atoms with Gasteiger partial charge in [-0.05, 0) is 35.3 Å². The number of nitrogens with one attached hydrogen (secondary N) is 1. The van der Waals surface area contributed by atoms with Crippen LogP contribution in [0.15, 0.2) is 48.5 Å². The quantitative estimate of drug-likeness (QED) is 0.465. The summed E-state index contributed by atoms with van der Waals surface area (Å²) in [5.41, 5.74) is 1.50. The molecule has 1 N–H and O–H groups in total. The lowest BCUT2D eigenvalue weighted by Crippen LogP contribution is -2.30. The van der Waals surface area contributed by atoms with E-state index in [0.29, 0.717) is 30.3 Å². The van der Waals surface area contributed by atoms with Crippen molar-refractivity contribution < 1.29 is 19.2 Å². The second-order valence-electron chi connectivity index (χ2n) is 6.82. The van der Waals surface area contributed by atoms with Crippen LogP contribution < -0.4 is 14.8 Å². The molecule has 0 bridgehead atoms. The highest BCUT2D eigenvalue weighted by Gasteiger charge is 2.20. The van der Waals surface area contributed by atoms with E-state index in [4.69, 9.17) is 9.47 Å². The molecule has 0 spiro atoms. The van der Waals surface area contributed by atoms with Gasteiger partial charge in [-0.15, -0.1) is 0 Å². The summed E-state index contributed by atoms with van der Waals surface area (Å²) in [5.74, 6) is 1.25. The molecule has 1 atom stereocenters. The first-order valence-electron chi connectivity index (χ1n) is 9.06. The molecule has 1 aliphatic rings. The molecule has 1 heterocycles. The van der Waals surface area contributed by atoms with Crippen molar-refractivity contribution in [2.45, 2.75) is 19.9 Å². The van der Waals surface area contributed by atoms with E-state index in [2.05, 4.69) is 5.32 Å². The highest BCUT2D eigenvalue weighted by atomic mass is 16.6. The van der Waals surface area contributed by atoms with E-state index < -0.39 is 4.92 Å². The number of nitro groups is 1. The number of rotatable bonds is 6. The smallest absolute Gasteiger partial charge is 0.270 e. The largest absolute Gasteiger partial charge is 0.486 e. The number of fused-ring (bicyclic) bond motifs is 1. The molecular formula is C21H22N2O5. The number of nitro benzene ring substituents is 1. The van der Waals surface area contributed by atoms with Crippen molar-refractivity contribution in [3.8, 4) is 11.5 Å². The number of non-ortho nitro benzene ring substituents is 1. The second kappa shape index (κ2) is 8.56. The standard InChI is InChI=1S/C21H22N2O5/c1-14(2)21(16-7-8-18-19(13-16)28-11-10-27-18)22-20(24)9-6-15-4-3-5-17(12-15)23(25)26/h3-9,12-14,21H,10-11H2,1-2H3,(H,22,24)/b9-6+/t21-/m0/s1. The maximum absolute atomic E-state index is 12.4. The minimum Gasteiger partial charge on any atom is -0.486 e. The Labute approximate surface area is 163 Å². The average Bonchev–Trinajstić information content (AvgIpc) is 2.70. The van der Waals surface area contributed by atoms with Gasteiger partial charge in [-0.25, -0.2) is 0 Å². The third kappa shape index (κ3) is 4.68. The van der Waals surface area contributed by atoms with Crippen LogP contribution in [-0.2, 0) is 4.79 Å².